The molecule has 1 fully saturated rings. The first-order chi connectivity index (χ1) is 7.00. The third-order valence-corrected chi connectivity index (χ3v) is 0.846. The van der Waals surface area contributed by atoms with Gasteiger partial charge in [0.25, 0.3) is 0 Å². The molecule has 1 saturated heterocycles. The second kappa shape index (κ2) is 19.1. The van der Waals surface area contributed by atoms with Crippen LogP contribution < -0.4 is 11.5 Å². The number of hydrogen-bond acceptors (Lipinski definition) is 3. The Morgan fingerprint density at radius 2 is 1.10 bits per heavy atom. The maximum absolute atomic E-state index is 5.01. The first-order valence-corrected chi connectivity index (χ1v) is 6.07. The zero-order valence-corrected chi connectivity index (χ0v) is 13.4. The van der Waals surface area contributed by atoms with Crippen molar-refractivity contribution in [1.82, 2.24) is 11.5 Å². The van der Waals surface area contributed by atoms with Crippen LogP contribution in [-0.4, -0.2) is 92.1 Å². The quantitative estimate of drug-likeness (QED) is 0.379. The molecular weight excluding hydrogens is 245 g/mol. The fraction of sp³-hybridized carbons (Fsp3) is 1.00. The van der Waals surface area contributed by atoms with Crippen LogP contribution in [0.25, 0.3) is 0 Å². The number of quaternary nitrogens is 1. The molecule has 0 aromatic carbocycles. The van der Waals surface area contributed by atoms with E-state index in [1.165, 1.54) is 0 Å². The Balaban J connectivity index is -0.0000000337. The maximum atomic E-state index is 5.01. The molecule has 8 heteroatoms. The van der Waals surface area contributed by atoms with E-state index >= 15 is 0 Å². The highest BCUT2D eigenvalue weighted by molar-refractivity contribution is 6.14. The van der Waals surface area contributed by atoms with Gasteiger partial charge in [-0.15, -0.1) is 0 Å². The molecule has 0 aromatic rings. The van der Waals surface area contributed by atoms with Crippen molar-refractivity contribution in [3.63, 3.8) is 0 Å². The molecule has 1 aliphatic rings. The molecule has 0 spiro atoms. The first kappa shape index (κ1) is 36.9. The van der Waals surface area contributed by atoms with Gasteiger partial charge in [-0.05, 0) is 0 Å². The van der Waals surface area contributed by atoms with Crippen molar-refractivity contribution in [2.75, 3.05) is 54.5 Å². The van der Waals surface area contributed by atoms with E-state index < -0.39 is 0 Å². The molecule has 0 aromatic heterocycles. The first-order valence-electron chi connectivity index (χ1n) is 6.07. The number of nitrogens with zero attached hydrogens (tertiary/aromatic N) is 1. The van der Waals surface area contributed by atoms with Gasteiger partial charge in [0.2, 0.25) is 0 Å². The molecule has 1 rings (SSSR count). The summed E-state index contributed by atoms with van der Waals surface area (Å²) < 4.78 is 6.01. The van der Waals surface area contributed by atoms with Crippen LogP contribution in [0.1, 0.15) is 20.8 Å². The number of ether oxygens (including phenoxy) is 1. The summed E-state index contributed by atoms with van der Waals surface area (Å²) in [5.74, 6) is 0. The molecule has 4 N–H and O–H groups in total. The molecular formula is C12H44B4N3O+. The lowest BCUT2D eigenvalue weighted by atomic mass is 9.75. The summed E-state index contributed by atoms with van der Waals surface area (Å²) in [5.41, 5.74) is 0. The van der Waals surface area contributed by atoms with Gasteiger partial charge >= 0.3 is 0 Å². The third-order valence-electron chi connectivity index (χ3n) is 0.846. The Morgan fingerprint density at radius 1 is 0.900 bits per heavy atom. The highest BCUT2D eigenvalue weighted by Crippen LogP contribution is 2.13. The van der Waals surface area contributed by atoms with Gasteiger partial charge in [-0.2, -0.15) is 0 Å². The van der Waals surface area contributed by atoms with Gasteiger partial charge in [0.1, 0.15) is 7.85 Å². The molecule has 0 amide bonds. The van der Waals surface area contributed by atoms with Gasteiger partial charge in [0, 0.05) is 13.1 Å². The largest absolute Gasteiger partial charge is 0.379 e. The van der Waals surface area contributed by atoms with E-state index in [9.17, 15) is 0 Å². The number of nitrogens with one attached hydrogen (secondary N) is 1. The summed E-state index contributed by atoms with van der Waals surface area (Å²) in [4.78, 5) is 0. The molecule has 0 radical (unpaired) electrons. The molecule has 20 heavy (non-hydrogen) atoms. The minimum absolute atomic E-state index is 0. The fourth-order valence-electron chi connectivity index (χ4n) is 0.516. The van der Waals surface area contributed by atoms with Crippen molar-refractivity contribution >= 4 is 33.1 Å². The van der Waals surface area contributed by atoms with Crippen LogP contribution in [0.3, 0.4) is 0 Å². The lowest BCUT2D eigenvalue weighted by molar-refractivity contribution is -0.849. The predicted octanol–water partition coefficient (Wildman–Crippen LogP) is -2.62. The summed E-state index contributed by atoms with van der Waals surface area (Å²) >= 11 is 0. The van der Waals surface area contributed by atoms with Crippen LogP contribution >= 0.6 is 0 Å². The van der Waals surface area contributed by atoms with Crippen LogP contribution in [0, 0.1) is 0 Å². The number of hydrogen-bond donors (Lipinski definition) is 2. The minimum Gasteiger partial charge on any atom is -0.379 e. The predicted molar refractivity (Wildman–Crippen MR) is 111 cm³/mol. The van der Waals surface area contributed by atoms with Gasteiger partial charge in [-0.1, -0.05) is 26.1 Å². The molecule has 1 aliphatic heterocycles. The van der Waals surface area contributed by atoms with Gasteiger partial charge in [0.05, 0.1) is 66.6 Å². The van der Waals surface area contributed by atoms with Crippen molar-refractivity contribution in [2.45, 2.75) is 26.1 Å². The summed E-state index contributed by atoms with van der Waals surface area (Å²) in [5, 5.41) is 3.66. The summed E-state index contributed by atoms with van der Waals surface area (Å²) in [6.45, 7) is 10.4. The van der Waals surface area contributed by atoms with E-state index in [0.717, 1.165) is 30.8 Å². The van der Waals surface area contributed by atoms with Crippen LogP contribution in [0.15, 0.2) is 0 Å². The van der Waals surface area contributed by atoms with Crippen LogP contribution in [0.5, 0.6) is 0 Å². The van der Waals surface area contributed by atoms with E-state index in [1.807, 2.05) is 0 Å². The summed E-state index contributed by atoms with van der Waals surface area (Å²) in [6, 6.07) is 0. The molecule has 124 valence electrons. The smallest absolute Gasteiger partial charge is 0.108 e. The van der Waals surface area contributed by atoms with Gasteiger partial charge in [-0.25, -0.2) is 0 Å². The molecule has 0 saturated carbocycles. The van der Waals surface area contributed by atoms with Gasteiger partial charge < -0.3 is 20.7 Å². The lowest BCUT2D eigenvalue weighted by Crippen LogP contribution is -2.30. The van der Waals surface area contributed by atoms with E-state index in [4.69, 9.17) is 4.74 Å². The second-order valence-corrected chi connectivity index (χ2v) is 7.05. The Morgan fingerprint density at radius 3 is 1.15 bits per heavy atom. The van der Waals surface area contributed by atoms with Gasteiger partial charge in [-0.3, -0.25) is 0 Å². The van der Waals surface area contributed by atoms with Crippen molar-refractivity contribution in [3.05, 3.63) is 0 Å². The van der Waals surface area contributed by atoms with E-state index in [1.54, 1.807) is 0 Å². The average Bonchev–Trinajstić information content (AvgIpc) is 2.01. The van der Waals surface area contributed by atoms with Crippen molar-refractivity contribution in [3.8, 4) is 0 Å². The van der Waals surface area contributed by atoms with Crippen LogP contribution in [-0.2, 0) is 4.74 Å². The monoisotopic (exact) mass is 290 g/mol. The molecule has 0 unspecified atom stereocenters. The van der Waals surface area contributed by atoms with E-state index in [2.05, 4.69) is 62.1 Å². The Hall–Kier alpha value is 0.0997. The minimum atomic E-state index is 0. The Kier molecular flexibility index (Phi) is 35.2. The normalized spacial score (nSPS) is 13.2. The number of morpholine rings is 1. The highest BCUT2D eigenvalue weighted by Gasteiger charge is 1.96. The molecule has 1 heterocycles. The fourth-order valence-corrected chi connectivity index (χ4v) is 0.516. The summed E-state index contributed by atoms with van der Waals surface area (Å²) in [7, 11) is 10.7. The second-order valence-electron chi connectivity index (χ2n) is 7.05. The van der Waals surface area contributed by atoms with Crippen LogP contribution in [0.2, 0.25) is 5.31 Å². The van der Waals surface area contributed by atoms with E-state index in [0.29, 0.717) is 5.31 Å². The van der Waals surface area contributed by atoms with Gasteiger partial charge in [0.15, 0.2) is 0 Å². The highest BCUT2D eigenvalue weighted by atomic mass is 16.5. The third kappa shape index (κ3) is 142. The van der Waals surface area contributed by atoms with Crippen molar-refractivity contribution in [1.29, 1.82) is 0 Å². The van der Waals surface area contributed by atoms with Crippen molar-refractivity contribution < 1.29 is 9.22 Å². The standard InChI is InChI=1S/C4H11B.C4H9NO.C4H12N.3BH3.H3N/c1-4(2,3)5;1-3-6-4-2-5-1;1-5(2,3)4;;;;/h5H2,1-3H3;5H,1-4H2;1-4H3;4*1H3/q;;+1;;;;. The maximum Gasteiger partial charge on any atom is 0.108 e. The Bertz CT molecular complexity index is 122. The molecule has 4 nitrogen and oxygen atoms in total. The zero-order chi connectivity index (χ0) is 13.2. The topological polar surface area (TPSA) is 56.3 Å². The SMILES string of the molecule is B.B.B.BC(C)(C)C.C1COCCN1.C[N+](C)(C)C.N. The van der Waals surface area contributed by atoms with Crippen molar-refractivity contribution in [2.24, 2.45) is 0 Å². The average molecular weight is 290 g/mol. The Labute approximate surface area is 135 Å². The number of rotatable bonds is 0. The summed E-state index contributed by atoms with van der Waals surface area (Å²) in [6.07, 6.45) is 0. The molecule has 0 bridgehead atoms. The molecule has 0 aliphatic carbocycles. The van der Waals surface area contributed by atoms with E-state index in [-0.39, 0.29) is 31.4 Å². The molecule has 0 atom stereocenters. The zero-order valence-electron chi connectivity index (χ0n) is 13.4. The van der Waals surface area contributed by atoms with Crippen LogP contribution in [0.4, 0.5) is 0 Å². The lowest BCUT2D eigenvalue weighted by Gasteiger charge is -2.14.